The van der Waals surface area contributed by atoms with Crippen LogP contribution < -0.4 is 15.5 Å². The summed E-state index contributed by atoms with van der Waals surface area (Å²) in [4.78, 5) is 20.2. The van der Waals surface area contributed by atoms with E-state index < -0.39 is 0 Å². The average Bonchev–Trinajstić information content (AvgIpc) is 3.12. The highest BCUT2D eigenvalue weighted by Gasteiger charge is 2.24. The van der Waals surface area contributed by atoms with Gasteiger partial charge in [-0.05, 0) is 30.9 Å². The second-order valence-electron chi connectivity index (χ2n) is 9.46. The predicted octanol–water partition coefficient (Wildman–Crippen LogP) is 4.92. The SMILES string of the molecule is CC1CCN(c2cc3nc(C(C)(C)C)sc3cc2NC(=O)SN2CCNCC2)CC1. The van der Waals surface area contributed by atoms with Gasteiger partial charge in [0.15, 0.2) is 0 Å². The number of hydrogen-bond acceptors (Lipinski definition) is 7. The molecule has 0 spiro atoms. The Balaban J connectivity index is 1.62. The van der Waals surface area contributed by atoms with Crippen molar-refractivity contribution in [3.8, 4) is 0 Å². The molecule has 1 aromatic carbocycles. The molecule has 2 N–H and O–H groups in total. The molecule has 8 heteroatoms. The fourth-order valence-corrected chi connectivity index (χ4v) is 5.68. The Labute approximate surface area is 187 Å². The molecular formula is C22H33N5OS2. The number of benzene rings is 1. The lowest BCUT2D eigenvalue weighted by Gasteiger charge is -2.33. The maximum Gasteiger partial charge on any atom is 0.298 e. The number of nitrogens with one attached hydrogen (secondary N) is 2. The second-order valence-corrected chi connectivity index (χ2v) is 11.6. The van der Waals surface area contributed by atoms with E-state index >= 15 is 0 Å². The van der Waals surface area contributed by atoms with E-state index in [1.807, 2.05) is 0 Å². The third kappa shape index (κ3) is 5.10. The maximum absolute atomic E-state index is 12.8. The number of thiazole rings is 1. The first-order chi connectivity index (χ1) is 14.3. The van der Waals surface area contributed by atoms with Crippen molar-refractivity contribution in [3.63, 3.8) is 0 Å². The fraction of sp³-hybridized carbons (Fsp3) is 0.636. The third-order valence-corrected chi connectivity index (χ3v) is 8.13. The highest BCUT2D eigenvalue weighted by Crippen LogP contribution is 2.39. The summed E-state index contributed by atoms with van der Waals surface area (Å²) in [6, 6.07) is 4.31. The van der Waals surface area contributed by atoms with E-state index in [0.29, 0.717) is 0 Å². The van der Waals surface area contributed by atoms with Gasteiger partial charge in [0.05, 0.1) is 26.6 Å². The lowest BCUT2D eigenvalue weighted by atomic mass is 9.98. The summed E-state index contributed by atoms with van der Waals surface area (Å²) in [6.07, 6.45) is 2.37. The molecular weight excluding hydrogens is 414 g/mol. The highest BCUT2D eigenvalue weighted by atomic mass is 32.2. The molecule has 2 saturated heterocycles. The number of fused-ring (bicyclic) bond motifs is 1. The normalized spacial score (nSPS) is 19.4. The zero-order valence-electron chi connectivity index (χ0n) is 18.5. The largest absolute Gasteiger partial charge is 0.370 e. The number of piperidine rings is 1. The van der Waals surface area contributed by atoms with Crippen molar-refractivity contribution in [1.82, 2.24) is 14.6 Å². The summed E-state index contributed by atoms with van der Waals surface area (Å²) < 4.78 is 3.27. The molecule has 2 aliphatic heterocycles. The van der Waals surface area contributed by atoms with Crippen LogP contribution >= 0.6 is 23.3 Å². The fourth-order valence-electron chi connectivity index (χ4n) is 3.88. The Bertz CT molecular complexity index is 893. The molecule has 2 fully saturated rings. The Morgan fingerprint density at radius 1 is 1.20 bits per heavy atom. The van der Waals surface area contributed by atoms with E-state index in [4.69, 9.17) is 4.98 Å². The Kier molecular flexibility index (Phi) is 6.58. The molecule has 0 aliphatic carbocycles. The van der Waals surface area contributed by atoms with Crippen LogP contribution in [0.3, 0.4) is 0 Å². The molecule has 2 aromatic rings. The second kappa shape index (κ2) is 9.02. The van der Waals surface area contributed by atoms with Gasteiger partial charge in [0.2, 0.25) is 0 Å². The van der Waals surface area contributed by atoms with Crippen LogP contribution in [0.2, 0.25) is 0 Å². The van der Waals surface area contributed by atoms with E-state index in [0.717, 1.165) is 71.8 Å². The summed E-state index contributed by atoms with van der Waals surface area (Å²) in [6.45, 7) is 14.6. The van der Waals surface area contributed by atoms with Gasteiger partial charge in [-0.3, -0.25) is 4.79 Å². The van der Waals surface area contributed by atoms with Gasteiger partial charge in [-0.2, -0.15) is 0 Å². The molecule has 0 atom stereocenters. The van der Waals surface area contributed by atoms with Crippen molar-refractivity contribution >= 4 is 50.1 Å². The summed E-state index contributed by atoms with van der Waals surface area (Å²) in [7, 11) is 0. The van der Waals surface area contributed by atoms with Gasteiger partial charge >= 0.3 is 0 Å². The van der Waals surface area contributed by atoms with E-state index in [-0.39, 0.29) is 10.7 Å². The number of hydrogen-bond donors (Lipinski definition) is 2. The number of amides is 1. The van der Waals surface area contributed by atoms with Crippen LogP contribution in [0, 0.1) is 5.92 Å². The minimum absolute atomic E-state index is 0.0107. The third-order valence-electron chi connectivity index (χ3n) is 5.80. The lowest BCUT2D eigenvalue weighted by Crippen LogP contribution is -2.40. The monoisotopic (exact) mass is 447 g/mol. The lowest BCUT2D eigenvalue weighted by molar-refractivity contribution is 0.268. The Hall–Kier alpha value is -1.35. The zero-order valence-corrected chi connectivity index (χ0v) is 20.1. The van der Waals surface area contributed by atoms with Gasteiger partial charge in [-0.25, -0.2) is 9.29 Å². The van der Waals surface area contributed by atoms with Gasteiger partial charge in [-0.1, -0.05) is 27.7 Å². The van der Waals surface area contributed by atoms with Crippen molar-refractivity contribution in [2.24, 2.45) is 5.92 Å². The van der Waals surface area contributed by atoms with Gasteiger partial charge in [0.1, 0.15) is 0 Å². The molecule has 4 rings (SSSR count). The Morgan fingerprint density at radius 3 is 2.57 bits per heavy atom. The van der Waals surface area contributed by atoms with Crippen molar-refractivity contribution in [2.45, 2.75) is 46.0 Å². The molecule has 0 bridgehead atoms. The first-order valence-corrected chi connectivity index (χ1v) is 12.5. The highest BCUT2D eigenvalue weighted by molar-refractivity contribution is 8.11. The van der Waals surface area contributed by atoms with Crippen LogP contribution in [-0.2, 0) is 5.41 Å². The van der Waals surface area contributed by atoms with Crippen molar-refractivity contribution in [2.75, 3.05) is 49.5 Å². The number of anilines is 2. The van der Waals surface area contributed by atoms with Crippen molar-refractivity contribution in [3.05, 3.63) is 17.1 Å². The van der Waals surface area contributed by atoms with Crippen LogP contribution in [0.15, 0.2) is 12.1 Å². The summed E-state index contributed by atoms with van der Waals surface area (Å²) in [5.41, 5.74) is 3.07. The zero-order chi connectivity index (χ0) is 21.3. The molecule has 3 heterocycles. The number of carbonyl (C=O) groups is 1. The number of nitrogens with zero attached hydrogens (tertiary/aromatic N) is 3. The maximum atomic E-state index is 12.8. The van der Waals surface area contributed by atoms with Gasteiger partial charge < -0.3 is 15.5 Å². The number of rotatable bonds is 3. The predicted molar refractivity (Wildman–Crippen MR) is 130 cm³/mol. The molecule has 1 amide bonds. The van der Waals surface area contributed by atoms with Crippen LogP contribution in [0.5, 0.6) is 0 Å². The molecule has 0 radical (unpaired) electrons. The summed E-state index contributed by atoms with van der Waals surface area (Å²) >= 11 is 3.03. The number of aromatic nitrogens is 1. The molecule has 164 valence electrons. The topological polar surface area (TPSA) is 60.5 Å². The van der Waals surface area contributed by atoms with Crippen molar-refractivity contribution < 1.29 is 4.79 Å². The smallest absolute Gasteiger partial charge is 0.298 e. The van der Waals surface area contributed by atoms with Crippen molar-refractivity contribution in [1.29, 1.82) is 0 Å². The van der Waals surface area contributed by atoms with Gasteiger partial charge in [0.25, 0.3) is 5.24 Å². The number of carbonyl (C=O) groups excluding carboxylic acids is 1. The minimum Gasteiger partial charge on any atom is -0.370 e. The molecule has 0 unspecified atom stereocenters. The average molecular weight is 448 g/mol. The molecule has 0 saturated carbocycles. The number of piperazine rings is 1. The minimum atomic E-state index is -0.0107. The first-order valence-electron chi connectivity index (χ1n) is 10.9. The molecule has 1 aromatic heterocycles. The molecule has 30 heavy (non-hydrogen) atoms. The first kappa shape index (κ1) is 21.9. The van der Waals surface area contributed by atoms with Crippen LogP contribution in [0.25, 0.3) is 10.2 Å². The van der Waals surface area contributed by atoms with Crippen LogP contribution in [-0.4, -0.2) is 53.8 Å². The molecule has 6 nitrogen and oxygen atoms in total. The van der Waals surface area contributed by atoms with Crippen LogP contribution in [0.1, 0.15) is 45.5 Å². The summed E-state index contributed by atoms with van der Waals surface area (Å²) in [5.74, 6) is 0.762. The van der Waals surface area contributed by atoms with E-state index in [1.54, 1.807) is 11.3 Å². The summed E-state index contributed by atoms with van der Waals surface area (Å²) in [5, 5.41) is 7.66. The molecule has 2 aliphatic rings. The van der Waals surface area contributed by atoms with Gasteiger partial charge in [-0.15, -0.1) is 11.3 Å². The van der Waals surface area contributed by atoms with E-state index in [9.17, 15) is 4.79 Å². The standard InChI is InChI=1S/C22H33N5OS2/c1-15-5-9-26(10-6-15)18-13-17-19(29-20(24-17)22(2,3)4)14-16(18)25-21(28)30-27-11-7-23-8-12-27/h13-15,23H,5-12H2,1-4H3,(H,25,28). The van der Waals surface area contributed by atoms with Crippen LogP contribution in [0.4, 0.5) is 16.2 Å². The van der Waals surface area contributed by atoms with Gasteiger partial charge in [0, 0.05) is 56.6 Å². The quantitative estimate of drug-likeness (QED) is 0.652. The van der Waals surface area contributed by atoms with E-state index in [2.05, 4.69) is 59.7 Å². The van der Waals surface area contributed by atoms with E-state index in [1.165, 1.54) is 24.8 Å². The Morgan fingerprint density at radius 2 is 1.90 bits per heavy atom.